The maximum Gasteiger partial charge on any atom is 0.166 e. The second-order valence-electron chi connectivity index (χ2n) is 16.6. The van der Waals surface area contributed by atoms with Crippen LogP contribution in [-0.4, -0.2) is 39.9 Å². The first kappa shape index (κ1) is 36.5. The number of rotatable bonds is 2. The van der Waals surface area contributed by atoms with Gasteiger partial charge < -0.3 is 14.7 Å². The van der Waals surface area contributed by atoms with Crippen LogP contribution in [0.5, 0.6) is 11.5 Å². The minimum atomic E-state index is -0.271. The summed E-state index contributed by atoms with van der Waals surface area (Å²) in [4.78, 5) is 37.3. The van der Waals surface area contributed by atoms with Gasteiger partial charge in [0, 0.05) is 38.2 Å². The summed E-state index contributed by atoms with van der Waals surface area (Å²) in [6.45, 7) is 13.0. The number of aromatic amines is 2. The van der Waals surface area contributed by atoms with E-state index in [9.17, 15) is 0 Å². The van der Waals surface area contributed by atoms with E-state index in [1.807, 2.05) is 78.9 Å². The molecule has 5 heterocycles. The molecule has 0 unspecified atom stereocenters. The Morgan fingerprint density at radius 2 is 0.897 bits per heavy atom. The normalized spacial score (nSPS) is 12.6. The monoisotopic (exact) mass is 820 g/mol. The first-order valence-corrected chi connectivity index (χ1v) is 20.0. The van der Waals surface area contributed by atoms with Gasteiger partial charge in [0.25, 0.3) is 0 Å². The molecule has 5 aromatic carbocycles. The average Bonchev–Trinajstić information content (AvgIpc) is 3.93. The summed E-state index contributed by atoms with van der Waals surface area (Å²) in [5.74, 6) is 2.39. The van der Waals surface area contributed by atoms with Crippen molar-refractivity contribution in [1.29, 1.82) is 0 Å². The van der Waals surface area contributed by atoms with Crippen molar-refractivity contribution in [3.63, 3.8) is 0 Å². The second kappa shape index (κ2) is 13.1. The molecule has 10 rings (SSSR count). The first-order valence-electron chi connectivity index (χ1n) is 18.9. The molecule has 8 aromatic rings. The summed E-state index contributed by atoms with van der Waals surface area (Å²) in [6, 6.07) is 29.9. The maximum atomic E-state index is 7.44. The van der Waals surface area contributed by atoms with Crippen molar-refractivity contribution in [1.82, 2.24) is 39.9 Å². The zero-order valence-corrected chi connectivity index (χ0v) is 34.7. The van der Waals surface area contributed by atoms with E-state index in [2.05, 4.69) is 63.6 Å². The topological polar surface area (TPSA) is 118 Å². The highest BCUT2D eigenvalue weighted by Crippen LogP contribution is 2.54. The molecule has 0 aliphatic carbocycles. The van der Waals surface area contributed by atoms with Gasteiger partial charge in [-0.25, -0.2) is 29.9 Å². The number of benzene rings is 5. The highest BCUT2D eigenvalue weighted by atomic mass is 35.5. The van der Waals surface area contributed by atoms with Gasteiger partial charge >= 0.3 is 0 Å². The molecule has 0 saturated heterocycles. The number of nitrogens with zero attached hydrogens (tertiary/aromatic N) is 6. The highest BCUT2D eigenvalue weighted by molar-refractivity contribution is 6.48. The Morgan fingerprint density at radius 3 is 1.36 bits per heavy atom. The Bertz CT molecular complexity index is 3230. The summed E-state index contributed by atoms with van der Waals surface area (Å²) >= 11 is 21.9. The predicted octanol–water partition coefficient (Wildman–Crippen LogP) is 13.2. The number of aromatic nitrogens is 8. The maximum absolute atomic E-state index is 7.44. The molecule has 2 N–H and O–H groups in total. The van der Waals surface area contributed by atoms with Gasteiger partial charge in [0.1, 0.15) is 33.4 Å². The minimum absolute atomic E-state index is 0.0735. The fourth-order valence-electron chi connectivity index (χ4n) is 7.63. The number of fused-ring (bicyclic) bond motifs is 20. The largest absolute Gasteiger partial charge is 0.454 e. The number of hydrogen-bond acceptors (Lipinski definition) is 7. The molecule has 0 amide bonds. The lowest BCUT2D eigenvalue weighted by Crippen LogP contribution is -2.17. The smallest absolute Gasteiger partial charge is 0.166 e. The van der Waals surface area contributed by atoms with Crippen molar-refractivity contribution >= 4 is 78.9 Å². The third-order valence-corrected chi connectivity index (χ3v) is 11.8. The second-order valence-corrected chi connectivity index (χ2v) is 17.7. The molecular formula is C46H35Cl3N8O. The van der Waals surface area contributed by atoms with Crippen LogP contribution in [0.25, 0.3) is 89.7 Å². The third-order valence-electron chi connectivity index (χ3n) is 10.6. The van der Waals surface area contributed by atoms with Crippen molar-refractivity contribution in [3.8, 4) is 57.1 Å². The Morgan fingerprint density at radius 1 is 0.466 bits per heavy atom. The summed E-state index contributed by atoms with van der Waals surface area (Å²) in [5.41, 5.74) is 6.60. The van der Waals surface area contributed by atoms with E-state index in [0.717, 1.165) is 38.2 Å². The predicted molar refractivity (Wildman–Crippen MR) is 235 cm³/mol. The molecular weight excluding hydrogens is 787 g/mol. The van der Waals surface area contributed by atoms with Crippen LogP contribution in [0.3, 0.4) is 0 Å². The lowest BCUT2D eigenvalue weighted by Gasteiger charge is -2.27. The fraction of sp³-hybridized carbons (Fsp3) is 0.174. The number of halogens is 3. The van der Waals surface area contributed by atoms with Gasteiger partial charge in [-0.2, -0.15) is 0 Å². The zero-order valence-electron chi connectivity index (χ0n) is 32.4. The number of H-pyrrole nitrogens is 2. The van der Waals surface area contributed by atoms with Crippen LogP contribution in [0.1, 0.15) is 52.7 Å². The van der Waals surface area contributed by atoms with Gasteiger partial charge in [-0.1, -0.05) is 161 Å². The Hall–Kier alpha value is -5.87. The minimum Gasteiger partial charge on any atom is -0.454 e. The Labute approximate surface area is 348 Å². The molecule has 58 heavy (non-hydrogen) atoms. The molecule has 286 valence electrons. The third kappa shape index (κ3) is 5.82. The molecule has 12 heteroatoms. The summed E-state index contributed by atoms with van der Waals surface area (Å²) < 4.78 is 6.73. The van der Waals surface area contributed by atoms with E-state index in [1.54, 1.807) is 0 Å². The Balaban J connectivity index is 1.30. The molecule has 2 aliphatic heterocycles. The van der Waals surface area contributed by atoms with Crippen LogP contribution in [0.4, 0.5) is 0 Å². The standard InChI is InChI=1S/C46H35Cl3N8O/c1-45(2,3)22-19-20-30(29(21-22)46(4,5)6)58-36-34(48)32-31(33(47)35(36)49)43-55-41-27-17-11-9-15-25(27)39(53-41)51-37-23-13-7-8-14-24(23)38(50-37)52-40-26-16-10-12-18-28(26)42(54-40)56-44(32)57-43/h7-21H,1-6H3,(H2,50,51,52,53,54,55,56,57). The van der Waals surface area contributed by atoms with Gasteiger partial charge in [0.2, 0.25) is 0 Å². The lowest BCUT2D eigenvalue weighted by atomic mass is 9.80. The molecule has 0 saturated carbocycles. The van der Waals surface area contributed by atoms with Crippen LogP contribution in [0.2, 0.25) is 15.1 Å². The van der Waals surface area contributed by atoms with Gasteiger partial charge in [0.05, 0.1) is 21.2 Å². The van der Waals surface area contributed by atoms with E-state index < -0.39 is 0 Å². The summed E-state index contributed by atoms with van der Waals surface area (Å²) in [7, 11) is 0. The van der Waals surface area contributed by atoms with Gasteiger partial charge in [0.15, 0.2) is 29.0 Å². The zero-order chi connectivity index (χ0) is 40.2. The summed E-state index contributed by atoms with van der Waals surface area (Å²) in [5, 5.41) is 3.84. The fourth-order valence-corrected chi connectivity index (χ4v) is 8.48. The van der Waals surface area contributed by atoms with Crippen LogP contribution in [-0.2, 0) is 10.8 Å². The molecule has 3 aromatic heterocycles. The molecule has 0 fully saturated rings. The van der Waals surface area contributed by atoms with E-state index in [1.165, 1.54) is 5.56 Å². The SMILES string of the molecule is CC(C)(C)c1ccc(Oc2c(Cl)c(Cl)c3c(c2Cl)-c2nc-3nc3[nH]c(nc4nc(nc5[nH]c(n2)c2ccccc52)-c2ccccc2-4)c2ccccc32)c(C(C)(C)C)c1. The molecule has 0 atom stereocenters. The van der Waals surface area contributed by atoms with Crippen LogP contribution in [0, 0.1) is 0 Å². The first-order chi connectivity index (χ1) is 27.7. The van der Waals surface area contributed by atoms with E-state index in [-0.39, 0.29) is 43.3 Å². The quantitative estimate of drug-likeness (QED) is 0.167. The molecule has 8 bridgehead atoms. The molecule has 0 radical (unpaired) electrons. The van der Waals surface area contributed by atoms with Crippen molar-refractivity contribution < 1.29 is 4.74 Å². The van der Waals surface area contributed by atoms with Crippen LogP contribution in [0.15, 0.2) is 91.0 Å². The van der Waals surface area contributed by atoms with Crippen LogP contribution < -0.4 is 4.74 Å². The highest BCUT2D eigenvalue weighted by Gasteiger charge is 2.33. The van der Waals surface area contributed by atoms with Crippen molar-refractivity contribution in [2.75, 3.05) is 0 Å². The van der Waals surface area contributed by atoms with E-state index in [4.69, 9.17) is 69.4 Å². The Kier molecular flexibility index (Phi) is 8.22. The molecule has 9 nitrogen and oxygen atoms in total. The lowest BCUT2D eigenvalue weighted by molar-refractivity contribution is 0.454. The number of nitrogens with one attached hydrogen (secondary N) is 2. The number of ether oxygens (including phenoxy) is 1. The number of hydrogen-bond donors (Lipinski definition) is 2. The van der Waals surface area contributed by atoms with Gasteiger partial charge in [-0.3, -0.25) is 0 Å². The van der Waals surface area contributed by atoms with Gasteiger partial charge in [-0.15, -0.1) is 0 Å². The van der Waals surface area contributed by atoms with Crippen molar-refractivity contribution in [2.24, 2.45) is 0 Å². The van der Waals surface area contributed by atoms with Crippen molar-refractivity contribution in [3.05, 3.63) is 117 Å². The van der Waals surface area contributed by atoms with E-state index >= 15 is 0 Å². The molecule has 2 aliphatic rings. The van der Waals surface area contributed by atoms with Crippen LogP contribution >= 0.6 is 34.8 Å². The summed E-state index contributed by atoms with van der Waals surface area (Å²) in [6.07, 6.45) is 0. The van der Waals surface area contributed by atoms with Gasteiger partial charge in [-0.05, 0) is 22.5 Å². The van der Waals surface area contributed by atoms with Crippen molar-refractivity contribution in [2.45, 2.75) is 52.4 Å². The average molecular weight is 822 g/mol. The van der Waals surface area contributed by atoms with E-state index in [0.29, 0.717) is 51.1 Å². The molecule has 0 spiro atoms.